The first-order valence-electron chi connectivity index (χ1n) is 24.1. The van der Waals surface area contributed by atoms with Crippen LogP contribution in [-0.4, -0.2) is 30.1 Å². The van der Waals surface area contributed by atoms with E-state index in [0.717, 1.165) is 82.6 Å². The molecule has 1 radical (unpaired) electrons. The van der Waals surface area contributed by atoms with Crippen molar-refractivity contribution in [2.45, 2.75) is 0 Å². The second-order valence-electron chi connectivity index (χ2n) is 17.6. The van der Waals surface area contributed by atoms with Crippen molar-refractivity contribution < 1.29 is 28.5 Å². The van der Waals surface area contributed by atoms with Gasteiger partial charge in [-0.05, 0) is 44.5 Å². The summed E-state index contributed by atoms with van der Waals surface area (Å²) < 4.78 is 1.09. The molecule has 13 rings (SSSR count). The molecule has 0 aliphatic carbocycles. The van der Waals surface area contributed by atoms with Crippen molar-refractivity contribution in [2.75, 3.05) is 0 Å². The molecule has 3 aromatic heterocycles. The molecule has 5 heterocycles. The van der Waals surface area contributed by atoms with Crippen molar-refractivity contribution >= 4 is 44.9 Å². The Kier molecular flexibility index (Phi) is 12.1. The molecular weight excluding hydrogens is 948 g/mol. The molecule has 0 atom stereocenters. The summed E-state index contributed by atoms with van der Waals surface area (Å²) in [5, 5.41) is 13.1. The van der Waals surface area contributed by atoms with Gasteiger partial charge in [0.2, 0.25) is 0 Å². The van der Waals surface area contributed by atoms with Gasteiger partial charge >= 0.3 is 18.6 Å². The Morgan fingerprint density at radius 3 is 0.730 bits per heavy atom. The molecule has 11 aromatic rings. The maximum absolute atomic E-state index is 13.1. The summed E-state index contributed by atoms with van der Waals surface area (Å²) >= 11 is 0. The van der Waals surface area contributed by atoms with Crippen molar-refractivity contribution in [1.29, 1.82) is 0 Å². The molecule has 2 aliphatic heterocycles. The number of rotatable bonds is 8. The zero-order valence-corrected chi connectivity index (χ0v) is 41.0. The topological polar surface area (TPSA) is 117 Å². The van der Waals surface area contributed by atoms with E-state index < -0.39 is 0 Å². The van der Waals surface area contributed by atoms with Gasteiger partial charge in [-0.1, -0.05) is 243 Å². The zero-order valence-electron chi connectivity index (χ0n) is 39.6. The SMILES string of the molecule is O[n+]1c2nc3[n-]c(nc4nc(nc5[n-]c(nc1C(c1ccccc1)=C2c1ccccc1)c(-c1ccccc1)c5-c1ccccc1)C(c1ccccc1)=C4c1ccccc1)c(-c1ccccc1)c3-c1ccccc1.[V+2]. The molecule has 10 heteroatoms. The summed E-state index contributed by atoms with van der Waals surface area (Å²) in [6.45, 7) is 0. The Morgan fingerprint density at radius 1 is 0.257 bits per heavy atom. The van der Waals surface area contributed by atoms with Gasteiger partial charge in [-0.25, -0.2) is 4.98 Å². The van der Waals surface area contributed by atoms with E-state index in [1.54, 1.807) is 0 Å². The summed E-state index contributed by atoms with van der Waals surface area (Å²) in [4.78, 5) is 38.4. The average Bonchev–Trinajstić information content (AvgIpc) is 4.20. The normalized spacial score (nSPS) is 12.2. The number of fused-ring (bicyclic) bond motifs is 8. The maximum Gasteiger partial charge on any atom is 2.00 e. The molecule has 0 saturated heterocycles. The van der Waals surface area contributed by atoms with Crippen LogP contribution in [0.15, 0.2) is 243 Å². The van der Waals surface area contributed by atoms with Gasteiger partial charge < -0.3 is 35.1 Å². The molecule has 347 valence electrons. The molecular formula is C64H41N8OV+. The molecule has 0 saturated carbocycles. The van der Waals surface area contributed by atoms with Crippen LogP contribution < -0.4 is 14.7 Å². The van der Waals surface area contributed by atoms with Gasteiger partial charge in [-0.2, -0.15) is 0 Å². The summed E-state index contributed by atoms with van der Waals surface area (Å²) in [7, 11) is 0. The van der Waals surface area contributed by atoms with Crippen LogP contribution >= 0.6 is 0 Å². The van der Waals surface area contributed by atoms with Crippen LogP contribution in [0, 0.1) is 0 Å². The van der Waals surface area contributed by atoms with E-state index in [2.05, 4.69) is 72.8 Å². The van der Waals surface area contributed by atoms with Crippen molar-refractivity contribution in [2.24, 2.45) is 0 Å². The van der Waals surface area contributed by atoms with Crippen LogP contribution in [0.25, 0.3) is 89.4 Å². The van der Waals surface area contributed by atoms with Crippen LogP contribution in [-0.2, 0) is 18.6 Å². The minimum Gasteiger partial charge on any atom is -0.376 e. The fraction of sp³-hybridized carbons (Fsp3) is 0. The molecule has 0 fully saturated rings. The third-order valence-corrected chi connectivity index (χ3v) is 13.2. The van der Waals surface area contributed by atoms with E-state index >= 15 is 0 Å². The van der Waals surface area contributed by atoms with Gasteiger partial charge in [0.15, 0.2) is 11.6 Å². The van der Waals surface area contributed by atoms with Gasteiger partial charge in [0, 0.05) is 67.1 Å². The fourth-order valence-electron chi connectivity index (χ4n) is 9.96. The third-order valence-electron chi connectivity index (χ3n) is 13.2. The summed E-state index contributed by atoms with van der Waals surface area (Å²) in [5.41, 5.74) is 14.3. The quantitative estimate of drug-likeness (QED) is 0.118. The average molecular weight is 989 g/mol. The number of hydrogen-bond acceptors (Lipinski definition) is 6. The smallest absolute Gasteiger partial charge is 0.376 e. The van der Waals surface area contributed by atoms with E-state index in [1.807, 2.05) is 170 Å². The molecule has 2 aliphatic rings. The standard InChI is InChI=1S/C64H41N8O.V/c73-72-63-55(47-37-21-7-22-38-47)56(48-39-23-8-24-40-48)64(72)71-62-54(46-35-19-6-20-36-46)52(44-31-15-4-16-32-44)60(69-62)67-58-50(42-27-11-2-12-28-42)49(41-25-9-1-10-26-41)57(65-58)66-59-51(43-29-13-3-14-30-43)53(61(68-59)70-63)45-33-17-5-18-34-45;/h1-40,73H;/q-1;+2. The summed E-state index contributed by atoms with van der Waals surface area (Å²) in [6, 6.07) is 80.8. The predicted octanol–water partition coefficient (Wildman–Crippen LogP) is 13.0. The summed E-state index contributed by atoms with van der Waals surface area (Å²) in [5.74, 6) is 1.29. The fourth-order valence-corrected chi connectivity index (χ4v) is 9.96. The third kappa shape index (κ3) is 8.12. The molecule has 9 nitrogen and oxygen atoms in total. The van der Waals surface area contributed by atoms with Crippen LogP contribution in [0.4, 0.5) is 0 Å². The monoisotopic (exact) mass is 988 g/mol. The Bertz CT molecular complexity index is 3830. The molecule has 1 N–H and O–H groups in total. The van der Waals surface area contributed by atoms with Crippen molar-refractivity contribution in [3.05, 3.63) is 288 Å². The van der Waals surface area contributed by atoms with Crippen molar-refractivity contribution in [3.63, 3.8) is 0 Å². The molecule has 74 heavy (non-hydrogen) atoms. The van der Waals surface area contributed by atoms with E-state index in [4.69, 9.17) is 34.9 Å². The summed E-state index contributed by atoms with van der Waals surface area (Å²) in [6.07, 6.45) is 0. The second-order valence-corrected chi connectivity index (χ2v) is 17.6. The second kappa shape index (κ2) is 19.6. The number of benzene rings is 8. The Balaban J connectivity index is 0.00000556. The van der Waals surface area contributed by atoms with Gasteiger partial charge in [-0.15, -0.1) is 4.73 Å². The Hall–Kier alpha value is -9.54. The number of hydrogen-bond donors (Lipinski definition) is 1. The number of aromatic nitrogens is 8. The van der Waals surface area contributed by atoms with Gasteiger partial charge in [0.25, 0.3) is 0 Å². The molecule has 0 unspecified atom stereocenters. The van der Waals surface area contributed by atoms with E-state index in [1.165, 1.54) is 0 Å². The van der Waals surface area contributed by atoms with Crippen LogP contribution in [0.2, 0.25) is 0 Å². The van der Waals surface area contributed by atoms with E-state index in [0.29, 0.717) is 45.4 Å². The largest absolute Gasteiger partial charge is 2.00 e. The van der Waals surface area contributed by atoms with E-state index in [9.17, 15) is 5.21 Å². The maximum atomic E-state index is 13.1. The van der Waals surface area contributed by atoms with Crippen LogP contribution in [0.3, 0.4) is 0 Å². The Labute approximate surface area is 438 Å². The van der Waals surface area contributed by atoms with Crippen molar-refractivity contribution in [1.82, 2.24) is 34.9 Å². The zero-order chi connectivity index (χ0) is 48.7. The minimum absolute atomic E-state index is 0. The Morgan fingerprint density at radius 2 is 0.473 bits per heavy atom. The first-order valence-corrected chi connectivity index (χ1v) is 24.1. The molecule has 0 amide bonds. The van der Waals surface area contributed by atoms with Crippen molar-refractivity contribution in [3.8, 4) is 44.5 Å². The van der Waals surface area contributed by atoms with E-state index in [-0.39, 0.29) is 30.2 Å². The first kappa shape index (κ1) is 45.6. The molecule has 0 spiro atoms. The molecule has 8 aromatic carbocycles. The molecule has 8 bridgehead atoms. The van der Waals surface area contributed by atoms with Crippen LogP contribution in [0.1, 0.15) is 45.6 Å². The number of nitrogens with zero attached hydrogens (tertiary/aromatic N) is 8. The minimum atomic E-state index is 0. The predicted molar refractivity (Wildman–Crippen MR) is 287 cm³/mol. The van der Waals surface area contributed by atoms with Gasteiger partial charge in [-0.3, -0.25) is 0 Å². The van der Waals surface area contributed by atoms with Gasteiger partial charge in [0.1, 0.15) is 0 Å². The van der Waals surface area contributed by atoms with Gasteiger partial charge in [0.05, 0.1) is 11.6 Å². The van der Waals surface area contributed by atoms with Crippen LogP contribution in [0.5, 0.6) is 0 Å². The first-order chi connectivity index (χ1) is 36.2.